The third kappa shape index (κ3) is 5.17. The molecule has 1 aliphatic carbocycles. The van der Waals surface area contributed by atoms with Gasteiger partial charge < -0.3 is 25.6 Å². The van der Waals surface area contributed by atoms with E-state index in [1.54, 1.807) is 26.8 Å². The average molecular weight is 537 g/mol. The highest BCUT2D eigenvalue weighted by molar-refractivity contribution is 5.93. The van der Waals surface area contributed by atoms with Crippen LogP contribution >= 0.6 is 0 Å². The number of nitriles is 1. The van der Waals surface area contributed by atoms with Crippen LogP contribution in [0.3, 0.4) is 0 Å². The molecule has 39 heavy (non-hydrogen) atoms. The van der Waals surface area contributed by atoms with Gasteiger partial charge in [0.2, 0.25) is 17.7 Å². The predicted molar refractivity (Wildman–Crippen MR) is 140 cm³/mol. The Morgan fingerprint density at radius 1 is 1.23 bits per heavy atom. The Balaban J connectivity index is 1.30. The van der Waals surface area contributed by atoms with Crippen molar-refractivity contribution in [2.24, 2.45) is 5.73 Å². The molecule has 3 fully saturated rings. The summed E-state index contributed by atoms with van der Waals surface area (Å²) in [6.45, 7) is 6.45. The largest absolute Gasteiger partial charge is 0.444 e. The fourth-order valence-electron chi connectivity index (χ4n) is 6.57. The zero-order chi connectivity index (χ0) is 28.1. The van der Waals surface area contributed by atoms with Gasteiger partial charge in [-0.2, -0.15) is 5.26 Å². The van der Waals surface area contributed by atoms with Gasteiger partial charge in [0.25, 0.3) is 0 Å². The zero-order valence-corrected chi connectivity index (χ0v) is 22.7. The first-order valence-electron chi connectivity index (χ1n) is 13.7. The Kier molecular flexibility index (Phi) is 7.01. The van der Waals surface area contributed by atoms with Crippen LogP contribution in [0.4, 0.5) is 4.79 Å². The summed E-state index contributed by atoms with van der Waals surface area (Å²) in [7, 11) is 0. The summed E-state index contributed by atoms with van der Waals surface area (Å²) >= 11 is 0. The summed E-state index contributed by atoms with van der Waals surface area (Å²) in [6, 6.07) is 5.74. The Morgan fingerprint density at radius 2 is 2.00 bits per heavy atom. The summed E-state index contributed by atoms with van der Waals surface area (Å²) in [5, 5.41) is 12.2. The van der Waals surface area contributed by atoms with Crippen LogP contribution in [-0.2, 0) is 20.7 Å². The highest BCUT2D eigenvalue weighted by atomic mass is 16.6. The van der Waals surface area contributed by atoms with Gasteiger partial charge in [-0.3, -0.25) is 19.3 Å². The molecule has 0 unspecified atom stereocenters. The van der Waals surface area contributed by atoms with Crippen LogP contribution in [0.5, 0.6) is 0 Å². The monoisotopic (exact) mass is 536 g/mol. The molecule has 208 valence electrons. The second kappa shape index (κ2) is 10.2. The second-order valence-corrected chi connectivity index (χ2v) is 12.0. The lowest BCUT2D eigenvalue weighted by Gasteiger charge is -2.39. The maximum atomic E-state index is 13.6. The van der Waals surface area contributed by atoms with Gasteiger partial charge in [-0.05, 0) is 76.1 Å². The first kappa shape index (κ1) is 26.9. The molecule has 3 heterocycles. The van der Waals surface area contributed by atoms with Gasteiger partial charge in [-0.15, -0.1) is 0 Å². The minimum absolute atomic E-state index is 0.00908. The van der Waals surface area contributed by atoms with Crippen molar-refractivity contribution < 1.29 is 23.9 Å². The van der Waals surface area contributed by atoms with Crippen LogP contribution < -0.4 is 11.1 Å². The van der Waals surface area contributed by atoms with E-state index in [1.165, 1.54) is 4.90 Å². The number of ether oxygens (including phenoxy) is 1. The van der Waals surface area contributed by atoms with Crippen LogP contribution in [0, 0.1) is 11.3 Å². The average Bonchev–Trinajstić information content (AvgIpc) is 3.64. The van der Waals surface area contributed by atoms with Crippen LogP contribution in [0.1, 0.15) is 74.0 Å². The van der Waals surface area contributed by atoms with Gasteiger partial charge in [-0.25, -0.2) is 4.79 Å². The first-order valence-corrected chi connectivity index (χ1v) is 13.7. The number of fused-ring (bicyclic) bond motifs is 3. The molecule has 4 aliphatic rings. The molecule has 11 nitrogen and oxygen atoms in total. The van der Waals surface area contributed by atoms with Gasteiger partial charge >= 0.3 is 6.09 Å². The quantitative estimate of drug-likeness (QED) is 0.559. The summed E-state index contributed by atoms with van der Waals surface area (Å²) in [6.07, 6.45) is 2.85. The Labute approximate surface area is 228 Å². The van der Waals surface area contributed by atoms with Crippen molar-refractivity contribution in [2.75, 3.05) is 19.6 Å². The molecule has 1 aromatic carbocycles. The van der Waals surface area contributed by atoms with Crippen molar-refractivity contribution in [3.8, 4) is 6.07 Å². The van der Waals surface area contributed by atoms with Gasteiger partial charge in [-0.1, -0.05) is 6.07 Å². The second-order valence-electron chi connectivity index (χ2n) is 12.0. The molecule has 1 aromatic rings. The number of primary amides is 1. The number of carbonyl (C=O) groups excluding carboxylic acids is 4. The lowest BCUT2D eigenvalue weighted by molar-refractivity contribution is -0.141. The number of hydrogen-bond donors (Lipinski definition) is 2. The molecular weight excluding hydrogens is 500 g/mol. The van der Waals surface area contributed by atoms with E-state index in [0.717, 1.165) is 30.4 Å². The zero-order valence-electron chi connectivity index (χ0n) is 22.7. The van der Waals surface area contributed by atoms with Gasteiger partial charge in [0.05, 0.1) is 18.2 Å². The van der Waals surface area contributed by atoms with Crippen LogP contribution in [-0.4, -0.2) is 87.9 Å². The van der Waals surface area contributed by atoms with Gasteiger partial charge in [0.15, 0.2) is 0 Å². The Hall–Kier alpha value is -3.65. The van der Waals surface area contributed by atoms with Crippen molar-refractivity contribution in [3.63, 3.8) is 0 Å². The lowest BCUT2D eigenvalue weighted by Crippen LogP contribution is -2.59. The normalized spacial score (nSPS) is 26.9. The van der Waals surface area contributed by atoms with E-state index in [-0.39, 0.29) is 36.5 Å². The number of nitrogens with zero attached hydrogens (tertiary/aromatic N) is 4. The minimum atomic E-state index is -0.936. The van der Waals surface area contributed by atoms with E-state index in [2.05, 4.69) is 11.4 Å². The number of piperazine rings is 1. The number of nitrogens with two attached hydrogens (primary N) is 1. The number of aryl methyl sites for hydroxylation is 1. The molecule has 0 aromatic heterocycles. The van der Waals surface area contributed by atoms with E-state index in [9.17, 15) is 24.4 Å². The van der Waals surface area contributed by atoms with Gasteiger partial charge in [0.1, 0.15) is 17.7 Å². The highest BCUT2D eigenvalue weighted by Gasteiger charge is 2.53. The molecule has 11 heteroatoms. The minimum Gasteiger partial charge on any atom is -0.444 e. The number of benzene rings is 1. The third-order valence-corrected chi connectivity index (χ3v) is 8.21. The Bertz CT molecular complexity index is 1240. The summed E-state index contributed by atoms with van der Waals surface area (Å²) in [4.78, 5) is 56.9. The molecule has 0 saturated carbocycles. The molecule has 2 bridgehead atoms. The number of amides is 4. The van der Waals surface area contributed by atoms with E-state index < -0.39 is 29.7 Å². The van der Waals surface area contributed by atoms with Crippen molar-refractivity contribution in [1.82, 2.24) is 20.0 Å². The summed E-state index contributed by atoms with van der Waals surface area (Å²) in [5.74, 6) is -0.776. The van der Waals surface area contributed by atoms with Crippen molar-refractivity contribution >= 4 is 23.8 Å². The van der Waals surface area contributed by atoms with Crippen molar-refractivity contribution in [3.05, 3.63) is 34.9 Å². The van der Waals surface area contributed by atoms with E-state index in [4.69, 9.17) is 10.5 Å². The Morgan fingerprint density at radius 3 is 2.67 bits per heavy atom. The molecular formula is C28H36N6O5. The maximum absolute atomic E-state index is 13.6. The van der Waals surface area contributed by atoms with Crippen molar-refractivity contribution in [1.29, 1.82) is 5.26 Å². The van der Waals surface area contributed by atoms with E-state index in [1.807, 2.05) is 21.9 Å². The van der Waals surface area contributed by atoms with Crippen LogP contribution in [0.25, 0.3) is 0 Å². The predicted octanol–water partition coefficient (Wildman–Crippen LogP) is 1.47. The van der Waals surface area contributed by atoms with Crippen molar-refractivity contribution in [2.45, 2.75) is 88.7 Å². The molecule has 3 N–H and O–H groups in total. The molecule has 4 amide bonds. The highest BCUT2D eigenvalue weighted by Crippen LogP contribution is 2.44. The third-order valence-electron chi connectivity index (χ3n) is 8.21. The molecule has 0 radical (unpaired) electrons. The van der Waals surface area contributed by atoms with E-state index >= 15 is 0 Å². The molecule has 3 aliphatic heterocycles. The topological polar surface area (TPSA) is 149 Å². The number of rotatable bonds is 6. The number of likely N-dealkylation sites (tertiary alicyclic amines) is 3. The maximum Gasteiger partial charge on any atom is 0.408 e. The standard InChI is InChI=1S/C28H36N6O5/c1-28(2,3)39-27(38)31-21(25(36)33-10-4-5-18(33)13-29)15-32-14-19-12-23(32)26(37)34(19)22-9-7-16-11-17(24(30)35)6-8-20(16)22/h6,8,11,18-19,21-23H,4-5,7,9-10,12,14-15H2,1-3H3,(H2,30,35)(H,31,38)/t18-,19-,21-,22+,23-/m0/s1. The van der Waals surface area contributed by atoms with E-state index in [0.29, 0.717) is 31.5 Å². The smallest absolute Gasteiger partial charge is 0.408 e. The number of carbonyl (C=O) groups is 4. The first-order chi connectivity index (χ1) is 18.5. The fourth-order valence-corrected chi connectivity index (χ4v) is 6.57. The number of hydrogen-bond acceptors (Lipinski definition) is 7. The summed E-state index contributed by atoms with van der Waals surface area (Å²) < 4.78 is 5.41. The SMILES string of the molecule is CC(C)(C)OC(=O)N[C@@H](CN1C[C@@H]2C[C@H]1C(=O)N2[C@@H]1CCc2cc(C(N)=O)ccc21)C(=O)N1CCC[C@H]1C#N. The van der Waals surface area contributed by atoms with Gasteiger partial charge in [0, 0.05) is 31.2 Å². The molecule has 5 atom stereocenters. The lowest BCUT2D eigenvalue weighted by atomic mass is 10.0. The summed E-state index contributed by atoms with van der Waals surface area (Å²) in [5.41, 5.74) is 7.29. The number of alkyl carbamates (subject to hydrolysis) is 1. The van der Waals surface area contributed by atoms with Crippen LogP contribution in [0.2, 0.25) is 0 Å². The number of nitrogens with one attached hydrogen (secondary N) is 1. The fraction of sp³-hybridized carbons (Fsp3) is 0.607. The molecule has 5 rings (SSSR count). The molecule has 3 saturated heterocycles. The van der Waals surface area contributed by atoms with Crippen LogP contribution in [0.15, 0.2) is 18.2 Å². The molecule has 0 spiro atoms.